The first-order chi connectivity index (χ1) is 20.7. The summed E-state index contributed by atoms with van der Waals surface area (Å²) in [5.74, 6) is -1.15. The van der Waals surface area contributed by atoms with Gasteiger partial charge < -0.3 is 24.6 Å². The topological polar surface area (TPSA) is 118 Å². The van der Waals surface area contributed by atoms with Crippen molar-refractivity contribution in [3.8, 4) is 11.6 Å². The zero-order valence-electron chi connectivity index (χ0n) is 24.3. The lowest BCUT2D eigenvalue weighted by Gasteiger charge is -2.35. The van der Waals surface area contributed by atoms with Gasteiger partial charge in [0.1, 0.15) is 11.4 Å². The summed E-state index contributed by atoms with van der Waals surface area (Å²) >= 11 is 0. The van der Waals surface area contributed by atoms with Crippen molar-refractivity contribution in [3.63, 3.8) is 0 Å². The van der Waals surface area contributed by atoms with E-state index in [9.17, 15) is 32.3 Å². The molecule has 0 atom stereocenters. The van der Waals surface area contributed by atoms with E-state index in [-0.39, 0.29) is 44.0 Å². The van der Waals surface area contributed by atoms with E-state index in [2.05, 4.69) is 10.3 Å². The van der Waals surface area contributed by atoms with Gasteiger partial charge in [-0.2, -0.15) is 13.2 Å². The van der Waals surface area contributed by atoms with Gasteiger partial charge in [0.25, 0.3) is 11.8 Å². The summed E-state index contributed by atoms with van der Waals surface area (Å²) in [7, 11) is 0. The number of carbonyl (C=O) groups is 4. The number of alkyl halides is 3. The van der Waals surface area contributed by atoms with Gasteiger partial charge in [-0.25, -0.2) is 9.78 Å². The molecule has 1 aliphatic heterocycles. The number of nitrogens with zero attached hydrogens (tertiary/aromatic N) is 3. The minimum absolute atomic E-state index is 0.0550. The highest BCUT2D eigenvalue weighted by molar-refractivity contribution is 6.36. The maximum absolute atomic E-state index is 12.7. The first-order valence-corrected chi connectivity index (χ1v) is 13.7. The lowest BCUT2D eigenvalue weighted by Crippen LogP contribution is -2.53. The van der Waals surface area contributed by atoms with Gasteiger partial charge in [-0.1, -0.05) is 12.1 Å². The van der Waals surface area contributed by atoms with Crippen molar-refractivity contribution >= 4 is 29.4 Å². The van der Waals surface area contributed by atoms with Gasteiger partial charge >= 0.3 is 12.3 Å². The monoisotopic (exact) mass is 612 g/mol. The number of ether oxygens (including phenoxy) is 2. The third-order valence-electron chi connectivity index (χ3n) is 6.44. The number of ketones is 1. The molecule has 10 nitrogen and oxygen atoms in total. The van der Waals surface area contributed by atoms with Crippen LogP contribution in [0.25, 0.3) is 0 Å². The Morgan fingerprint density at radius 2 is 1.45 bits per heavy atom. The highest BCUT2D eigenvalue weighted by Gasteiger charge is 2.31. The van der Waals surface area contributed by atoms with Crippen molar-refractivity contribution in [2.45, 2.75) is 39.0 Å². The molecule has 2 aromatic carbocycles. The summed E-state index contributed by atoms with van der Waals surface area (Å²) in [5, 5.41) is 2.56. The lowest BCUT2D eigenvalue weighted by molar-refractivity contribution is -0.145. The third kappa shape index (κ3) is 8.79. The van der Waals surface area contributed by atoms with Gasteiger partial charge in [-0.3, -0.25) is 14.4 Å². The predicted molar refractivity (Wildman–Crippen MR) is 153 cm³/mol. The molecule has 1 saturated heterocycles. The molecule has 3 amide bonds. The zero-order chi connectivity index (χ0) is 32.1. The Morgan fingerprint density at radius 3 is 2.00 bits per heavy atom. The fourth-order valence-electron chi connectivity index (χ4n) is 4.18. The average Bonchev–Trinajstić information content (AvgIpc) is 2.97. The Morgan fingerprint density at radius 1 is 0.841 bits per heavy atom. The van der Waals surface area contributed by atoms with Gasteiger partial charge in [0, 0.05) is 44.2 Å². The van der Waals surface area contributed by atoms with Crippen molar-refractivity contribution in [3.05, 3.63) is 83.6 Å². The highest BCUT2D eigenvalue weighted by atomic mass is 19.4. The molecule has 13 heteroatoms. The largest absolute Gasteiger partial charge is 0.444 e. The highest BCUT2D eigenvalue weighted by Crippen LogP contribution is 2.29. The summed E-state index contributed by atoms with van der Waals surface area (Å²) in [6.07, 6.45) is -3.71. The molecule has 0 saturated carbocycles. The Hall–Kier alpha value is -4.94. The maximum Gasteiger partial charge on any atom is 0.416 e. The molecule has 0 aliphatic carbocycles. The van der Waals surface area contributed by atoms with E-state index in [0.717, 1.165) is 24.3 Å². The van der Waals surface area contributed by atoms with Gasteiger partial charge in [0.2, 0.25) is 11.7 Å². The maximum atomic E-state index is 12.7. The zero-order valence-corrected chi connectivity index (χ0v) is 24.3. The molecule has 0 radical (unpaired) electrons. The Balaban J connectivity index is 1.24. The number of aromatic nitrogens is 1. The summed E-state index contributed by atoms with van der Waals surface area (Å²) in [6.45, 7) is 6.36. The van der Waals surface area contributed by atoms with Crippen LogP contribution in [-0.2, 0) is 26.9 Å². The summed E-state index contributed by atoms with van der Waals surface area (Å²) in [4.78, 5) is 57.0. The van der Waals surface area contributed by atoms with Crippen molar-refractivity contribution < 1.29 is 41.8 Å². The smallest absolute Gasteiger partial charge is 0.416 e. The molecule has 0 unspecified atom stereocenters. The van der Waals surface area contributed by atoms with Crippen LogP contribution < -0.4 is 10.1 Å². The SMILES string of the molecule is CC(C)(C)OC(=O)N1CCN(C(=O)C(=O)Cc2ccc(Oc3ccc(NC(=O)c4ccc(C(F)(F)F)cc4)cn3)cc2)CC1. The molecule has 232 valence electrons. The molecule has 0 bridgehead atoms. The number of amides is 3. The predicted octanol–water partition coefficient (Wildman–Crippen LogP) is 5.34. The standard InChI is InChI=1S/C31H31F3N4O6/c1-30(2,3)44-29(42)38-16-14-37(15-17-38)28(41)25(39)18-20-4-11-24(12-5-20)43-26-13-10-23(19-35-26)36-27(40)21-6-8-22(9-7-21)31(32,33)34/h4-13,19H,14-18H2,1-3H3,(H,36,40). The molecule has 0 spiro atoms. The second-order valence-corrected chi connectivity index (χ2v) is 11.0. The molecule has 1 N–H and O–H groups in total. The average molecular weight is 613 g/mol. The van der Waals surface area contributed by atoms with Crippen LogP contribution in [-0.4, -0.2) is 70.3 Å². The molecular weight excluding hydrogens is 581 g/mol. The van der Waals surface area contributed by atoms with Gasteiger partial charge in [0.05, 0.1) is 17.4 Å². The van der Waals surface area contributed by atoms with E-state index >= 15 is 0 Å². The van der Waals surface area contributed by atoms with Crippen LogP contribution in [0.1, 0.15) is 42.3 Å². The number of halogens is 3. The van der Waals surface area contributed by atoms with Crippen LogP contribution in [0.2, 0.25) is 0 Å². The molecule has 1 aliphatic rings. The van der Waals surface area contributed by atoms with Crippen LogP contribution in [0.3, 0.4) is 0 Å². The van der Waals surface area contributed by atoms with E-state index in [1.54, 1.807) is 45.0 Å². The third-order valence-corrected chi connectivity index (χ3v) is 6.44. The van der Waals surface area contributed by atoms with Gasteiger partial charge in [-0.15, -0.1) is 0 Å². The van der Waals surface area contributed by atoms with Crippen LogP contribution >= 0.6 is 0 Å². The quantitative estimate of drug-likeness (QED) is 0.358. The molecule has 1 fully saturated rings. The number of piperazine rings is 1. The van der Waals surface area contributed by atoms with Gasteiger partial charge in [-0.05, 0) is 68.8 Å². The van der Waals surface area contributed by atoms with E-state index in [0.29, 0.717) is 17.0 Å². The normalized spacial score (nSPS) is 13.7. The summed E-state index contributed by atoms with van der Waals surface area (Å²) < 4.78 is 49.2. The van der Waals surface area contributed by atoms with Crippen molar-refractivity contribution in [1.29, 1.82) is 0 Å². The number of anilines is 1. The lowest BCUT2D eigenvalue weighted by atomic mass is 10.1. The van der Waals surface area contributed by atoms with E-state index < -0.39 is 41.0 Å². The van der Waals surface area contributed by atoms with Crippen LogP contribution in [0, 0.1) is 0 Å². The van der Waals surface area contributed by atoms with Crippen LogP contribution in [0.4, 0.5) is 23.7 Å². The Bertz CT molecular complexity index is 1490. The molecule has 44 heavy (non-hydrogen) atoms. The first-order valence-electron chi connectivity index (χ1n) is 13.7. The summed E-state index contributed by atoms with van der Waals surface area (Å²) in [5.41, 5.74) is -0.495. The van der Waals surface area contributed by atoms with Crippen LogP contribution in [0.15, 0.2) is 66.9 Å². The molecule has 2 heterocycles. The number of Topliss-reactive ketones (excluding diaryl/α,β-unsaturated/α-hetero) is 1. The van der Waals surface area contributed by atoms with Crippen molar-refractivity contribution in [2.75, 3.05) is 31.5 Å². The fraction of sp³-hybridized carbons (Fsp3) is 0.323. The Kier molecular flexibility index (Phi) is 9.56. The number of hydrogen-bond acceptors (Lipinski definition) is 7. The minimum atomic E-state index is -4.49. The summed E-state index contributed by atoms with van der Waals surface area (Å²) in [6, 6.07) is 13.4. The minimum Gasteiger partial charge on any atom is -0.444 e. The van der Waals surface area contributed by atoms with Crippen molar-refractivity contribution in [2.24, 2.45) is 0 Å². The van der Waals surface area contributed by atoms with Gasteiger partial charge in [0.15, 0.2) is 0 Å². The van der Waals surface area contributed by atoms with E-state index in [1.165, 1.54) is 28.1 Å². The van der Waals surface area contributed by atoms with Crippen molar-refractivity contribution in [1.82, 2.24) is 14.8 Å². The molecule has 3 aromatic rings. The van der Waals surface area contributed by atoms with E-state index in [4.69, 9.17) is 9.47 Å². The Labute approximate surface area is 251 Å². The number of hydrogen-bond donors (Lipinski definition) is 1. The fourth-order valence-corrected chi connectivity index (χ4v) is 4.18. The number of carbonyl (C=O) groups excluding carboxylic acids is 4. The number of rotatable bonds is 7. The number of benzene rings is 2. The molecular formula is C31H31F3N4O6. The first kappa shape index (κ1) is 32.0. The second kappa shape index (κ2) is 13.1. The van der Waals surface area contributed by atoms with Crippen LogP contribution in [0.5, 0.6) is 11.6 Å². The number of pyridine rings is 1. The molecule has 1 aromatic heterocycles. The van der Waals surface area contributed by atoms with E-state index in [1.807, 2.05) is 0 Å². The second-order valence-electron chi connectivity index (χ2n) is 11.0. The molecule has 4 rings (SSSR count). The number of nitrogens with one attached hydrogen (secondary N) is 1.